The number of hydrogen-bond donors (Lipinski definition) is 1. The molecule has 3 nitrogen and oxygen atoms in total. The zero-order chi connectivity index (χ0) is 12.3. The number of thioether (sulfide) groups is 1. The van der Waals surface area contributed by atoms with Crippen molar-refractivity contribution >= 4 is 17.4 Å². The molecule has 0 bridgehead atoms. The van der Waals surface area contributed by atoms with Gasteiger partial charge in [-0.15, -0.1) is 0 Å². The Kier molecular flexibility index (Phi) is 4.29. The summed E-state index contributed by atoms with van der Waals surface area (Å²) >= 11 is 2.04. The molecule has 2 atom stereocenters. The molecule has 1 saturated heterocycles. The molecule has 2 rings (SSSR count). The lowest BCUT2D eigenvalue weighted by Gasteiger charge is -2.26. The quantitative estimate of drug-likeness (QED) is 0.889. The Morgan fingerprint density at radius 2 is 2.35 bits per heavy atom. The lowest BCUT2D eigenvalue weighted by atomic mass is 10.2. The average Bonchev–Trinajstić information content (AvgIpc) is 2.91. The molecule has 0 saturated carbocycles. The molecule has 1 aliphatic rings. The van der Waals surface area contributed by atoms with Crippen LogP contribution in [0.2, 0.25) is 0 Å². The summed E-state index contributed by atoms with van der Waals surface area (Å²) in [5.74, 6) is 2.53. The molecular formula is C13H21N3S. The Balaban J connectivity index is 2.06. The van der Waals surface area contributed by atoms with E-state index in [4.69, 9.17) is 0 Å². The first-order valence-corrected chi connectivity index (χ1v) is 7.31. The standard InChI is InChI=1S/C13H21N3S/c1-10(14-2)13-5-4-11(8-15-13)16(3)12-6-7-17-9-12/h4-5,8,10,12,14H,6-7,9H2,1-3H3. The Bertz CT molecular complexity index is 346. The highest BCUT2D eigenvalue weighted by molar-refractivity contribution is 7.99. The molecule has 4 heteroatoms. The van der Waals surface area contributed by atoms with Crippen LogP contribution in [0.5, 0.6) is 0 Å². The van der Waals surface area contributed by atoms with Gasteiger partial charge in [-0.25, -0.2) is 0 Å². The lowest BCUT2D eigenvalue weighted by Crippen LogP contribution is -2.31. The van der Waals surface area contributed by atoms with Gasteiger partial charge in [0.1, 0.15) is 0 Å². The van der Waals surface area contributed by atoms with Gasteiger partial charge in [0.25, 0.3) is 0 Å². The van der Waals surface area contributed by atoms with E-state index in [1.54, 1.807) is 0 Å². The molecule has 0 aliphatic carbocycles. The van der Waals surface area contributed by atoms with Crippen LogP contribution in [0.1, 0.15) is 25.1 Å². The van der Waals surface area contributed by atoms with Crippen molar-refractivity contribution in [3.8, 4) is 0 Å². The monoisotopic (exact) mass is 251 g/mol. The molecule has 0 aromatic carbocycles. The molecular weight excluding hydrogens is 230 g/mol. The zero-order valence-corrected chi connectivity index (χ0v) is 11.6. The predicted molar refractivity (Wildman–Crippen MR) is 75.8 cm³/mol. The molecule has 1 N–H and O–H groups in total. The van der Waals surface area contributed by atoms with Crippen LogP contribution in [-0.2, 0) is 0 Å². The average molecular weight is 251 g/mol. The van der Waals surface area contributed by atoms with Crippen LogP contribution in [0.15, 0.2) is 18.3 Å². The number of hydrogen-bond acceptors (Lipinski definition) is 4. The van der Waals surface area contributed by atoms with Crippen molar-refractivity contribution in [2.45, 2.75) is 25.4 Å². The van der Waals surface area contributed by atoms with Gasteiger partial charge in [-0.2, -0.15) is 11.8 Å². The van der Waals surface area contributed by atoms with Gasteiger partial charge in [0, 0.05) is 24.9 Å². The van der Waals surface area contributed by atoms with Gasteiger partial charge in [0.05, 0.1) is 17.6 Å². The highest BCUT2D eigenvalue weighted by atomic mass is 32.2. The molecule has 0 spiro atoms. The second-order valence-electron chi connectivity index (χ2n) is 4.58. The van der Waals surface area contributed by atoms with Crippen molar-refractivity contribution in [3.63, 3.8) is 0 Å². The van der Waals surface area contributed by atoms with Crippen LogP contribution in [0, 0.1) is 0 Å². The van der Waals surface area contributed by atoms with E-state index in [0.717, 1.165) is 5.69 Å². The second kappa shape index (κ2) is 5.74. The van der Waals surface area contributed by atoms with Gasteiger partial charge in [0.2, 0.25) is 0 Å². The maximum Gasteiger partial charge on any atom is 0.0571 e. The number of anilines is 1. The van der Waals surface area contributed by atoms with E-state index in [1.165, 1.54) is 23.6 Å². The molecule has 1 aromatic heterocycles. The summed E-state index contributed by atoms with van der Waals surface area (Å²) < 4.78 is 0. The van der Waals surface area contributed by atoms with Crippen molar-refractivity contribution in [1.82, 2.24) is 10.3 Å². The summed E-state index contributed by atoms with van der Waals surface area (Å²) in [6, 6.07) is 5.29. The van der Waals surface area contributed by atoms with Crippen molar-refractivity contribution < 1.29 is 0 Å². The number of aromatic nitrogens is 1. The van der Waals surface area contributed by atoms with Gasteiger partial charge in [-0.1, -0.05) is 0 Å². The zero-order valence-electron chi connectivity index (χ0n) is 10.8. The Hall–Kier alpha value is -0.740. The highest BCUT2D eigenvalue weighted by Gasteiger charge is 2.20. The van der Waals surface area contributed by atoms with Crippen molar-refractivity contribution in [3.05, 3.63) is 24.0 Å². The highest BCUT2D eigenvalue weighted by Crippen LogP contribution is 2.25. The number of pyridine rings is 1. The topological polar surface area (TPSA) is 28.2 Å². The summed E-state index contributed by atoms with van der Waals surface area (Å²) in [6.45, 7) is 2.12. The molecule has 0 amide bonds. The molecule has 17 heavy (non-hydrogen) atoms. The Morgan fingerprint density at radius 3 is 2.88 bits per heavy atom. The van der Waals surface area contributed by atoms with Crippen LogP contribution in [-0.4, -0.2) is 36.6 Å². The molecule has 94 valence electrons. The van der Waals surface area contributed by atoms with Gasteiger partial charge < -0.3 is 10.2 Å². The fourth-order valence-electron chi connectivity index (χ4n) is 2.05. The van der Waals surface area contributed by atoms with E-state index in [1.807, 2.05) is 25.0 Å². The van der Waals surface area contributed by atoms with Gasteiger partial charge >= 0.3 is 0 Å². The summed E-state index contributed by atoms with van der Waals surface area (Å²) in [7, 11) is 4.14. The normalized spacial score (nSPS) is 21.5. The molecule has 1 aliphatic heterocycles. The van der Waals surface area contributed by atoms with E-state index >= 15 is 0 Å². The third-order valence-electron chi connectivity index (χ3n) is 3.51. The van der Waals surface area contributed by atoms with Crippen molar-refractivity contribution in [2.75, 3.05) is 30.5 Å². The lowest BCUT2D eigenvalue weighted by molar-refractivity contribution is 0.631. The summed E-state index contributed by atoms with van der Waals surface area (Å²) in [6.07, 6.45) is 3.28. The minimum Gasteiger partial charge on any atom is -0.370 e. The SMILES string of the molecule is CNC(C)c1ccc(N(C)C2CCSC2)cn1. The molecule has 0 radical (unpaired) electrons. The second-order valence-corrected chi connectivity index (χ2v) is 5.73. The fraction of sp³-hybridized carbons (Fsp3) is 0.615. The number of nitrogens with one attached hydrogen (secondary N) is 1. The molecule has 1 aromatic rings. The van der Waals surface area contributed by atoms with Crippen molar-refractivity contribution in [2.24, 2.45) is 0 Å². The van der Waals surface area contributed by atoms with Crippen LogP contribution >= 0.6 is 11.8 Å². The molecule has 2 unspecified atom stereocenters. The van der Waals surface area contributed by atoms with Crippen molar-refractivity contribution in [1.29, 1.82) is 0 Å². The minimum absolute atomic E-state index is 0.316. The van der Waals surface area contributed by atoms with Crippen LogP contribution in [0.4, 0.5) is 5.69 Å². The predicted octanol–water partition coefficient (Wildman–Crippen LogP) is 2.30. The van der Waals surface area contributed by atoms with Gasteiger partial charge in [-0.05, 0) is 38.3 Å². The first-order valence-electron chi connectivity index (χ1n) is 6.16. The summed E-state index contributed by atoms with van der Waals surface area (Å²) in [4.78, 5) is 6.89. The maximum absolute atomic E-state index is 4.53. The Labute approximate surface area is 108 Å². The van der Waals surface area contributed by atoms with Crippen LogP contribution in [0.25, 0.3) is 0 Å². The number of nitrogens with zero attached hydrogens (tertiary/aromatic N) is 2. The van der Waals surface area contributed by atoms with E-state index in [2.05, 4.69) is 41.3 Å². The minimum atomic E-state index is 0.316. The fourth-order valence-corrected chi connectivity index (χ4v) is 3.32. The number of rotatable bonds is 4. The van der Waals surface area contributed by atoms with Gasteiger partial charge in [0.15, 0.2) is 0 Å². The third kappa shape index (κ3) is 2.93. The van der Waals surface area contributed by atoms with E-state index < -0.39 is 0 Å². The van der Waals surface area contributed by atoms with E-state index in [0.29, 0.717) is 12.1 Å². The molecule has 2 heterocycles. The van der Waals surface area contributed by atoms with E-state index in [9.17, 15) is 0 Å². The largest absolute Gasteiger partial charge is 0.370 e. The van der Waals surface area contributed by atoms with E-state index in [-0.39, 0.29) is 0 Å². The first kappa shape index (κ1) is 12.7. The van der Waals surface area contributed by atoms with Crippen LogP contribution < -0.4 is 10.2 Å². The first-order chi connectivity index (χ1) is 8.22. The summed E-state index contributed by atoms with van der Waals surface area (Å²) in [5, 5.41) is 3.21. The maximum atomic E-state index is 4.53. The summed E-state index contributed by atoms with van der Waals surface area (Å²) in [5.41, 5.74) is 2.33. The smallest absolute Gasteiger partial charge is 0.0571 e. The van der Waals surface area contributed by atoms with Gasteiger partial charge in [-0.3, -0.25) is 4.98 Å². The van der Waals surface area contributed by atoms with Crippen LogP contribution in [0.3, 0.4) is 0 Å². The molecule has 1 fully saturated rings. The third-order valence-corrected chi connectivity index (χ3v) is 4.65. The Morgan fingerprint density at radius 1 is 1.53 bits per heavy atom.